The molecule has 0 aliphatic rings. The molecule has 0 aromatic heterocycles. The summed E-state index contributed by atoms with van der Waals surface area (Å²) in [6.45, 7) is -0.0115. The second kappa shape index (κ2) is 4.84. The van der Waals surface area contributed by atoms with Crippen LogP contribution in [0.1, 0.15) is 5.56 Å². The van der Waals surface area contributed by atoms with E-state index >= 15 is 0 Å². The highest BCUT2D eigenvalue weighted by atomic mass is 16.5. The summed E-state index contributed by atoms with van der Waals surface area (Å²) >= 11 is 0. The predicted octanol–water partition coefficient (Wildman–Crippen LogP) is 0.476. The van der Waals surface area contributed by atoms with Crippen molar-refractivity contribution in [2.45, 2.75) is 0 Å². The number of rotatable bonds is 3. The standard InChI is InChI=1S/C9H9N3O2/c10-5-7-1-3-8(4-2-7)11-6-9(13)12-14/h1-4,11,14H,6H2,(H,12,13). The summed E-state index contributed by atoms with van der Waals surface area (Å²) in [6, 6.07) is 8.63. The van der Waals surface area contributed by atoms with Gasteiger partial charge in [-0.2, -0.15) is 5.26 Å². The molecule has 0 saturated carbocycles. The van der Waals surface area contributed by atoms with Gasteiger partial charge in [0, 0.05) is 5.69 Å². The predicted molar refractivity (Wildman–Crippen MR) is 49.6 cm³/mol. The average molecular weight is 191 g/mol. The van der Waals surface area contributed by atoms with Gasteiger partial charge >= 0.3 is 0 Å². The van der Waals surface area contributed by atoms with E-state index in [0.29, 0.717) is 11.3 Å². The summed E-state index contributed by atoms with van der Waals surface area (Å²) < 4.78 is 0. The lowest BCUT2D eigenvalue weighted by Crippen LogP contribution is -2.26. The van der Waals surface area contributed by atoms with Crippen molar-refractivity contribution in [2.75, 3.05) is 11.9 Å². The highest BCUT2D eigenvalue weighted by Gasteiger charge is 1.98. The lowest BCUT2D eigenvalue weighted by Gasteiger charge is -2.03. The topological polar surface area (TPSA) is 85.2 Å². The van der Waals surface area contributed by atoms with E-state index in [1.165, 1.54) is 5.48 Å². The summed E-state index contributed by atoms with van der Waals surface area (Å²) in [5.74, 6) is -0.519. The maximum atomic E-state index is 10.6. The van der Waals surface area contributed by atoms with Crippen molar-refractivity contribution in [3.63, 3.8) is 0 Å². The second-order valence-corrected chi connectivity index (χ2v) is 2.58. The Morgan fingerprint density at radius 3 is 2.57 bits per heavy atom. The van der Waals surface area contributed by atoms with Gasteiger partial charge in [-0.05, 0) is 24.3 Å². The van der Waals surface area contributed by atoms with E-state index in [1.807, 2.05) is 6.07 Å². The molecule has 1 rings (SSSR count). The van der Waals surface area contributed by atoms with Gasteiger partial charge in [-0.3, -0.25) is 10.0 Å². The number of nitrogens with one attached hydrogen (secondary N) is 2. The number of carbonyl (C=O) groups is 1. The Bertz CT molecular complexity index is 353. The first-order chi connectivity index (χ1) is 6.76. The Morgan fingerprint density at radius 2 is 2.07 bits per heavy atom. The Hall–Kier alpha value is -2.06. The molecule has 0 aliphatic heterocycles. The monoisotopic (exact) mass is 191 g/mol. The van der Waals surface area contributed by atoms with E-state index in [0.717, 1.165) is 0 Å². The van der Waals surface area contributed by atoms with Crippen LogP contribution in [0.5, 0.6) is 0 Å². The van der Waals surface area contributed by atoms with E-state index < -0.39 is 5.91 Å². The highest BCUT2D eigenvalue weighted by molar-refractivity contribution is 5.79. The summed E-state index contributed by atoms with van der Waals surface area (Å²) in [4.78, 5) is 10.6. The van der Waals surface area contributed by atoms with Crippen LogP contribution in [0.4, 0.5) is 5.69 Å². The Kier molecular flexibility index (Phi) is 3.47. The van der Waals surface area contributed by atoms with Crippen LogP contribution in [-0.2, 0) is 4.79 Å². The first kappa shape index (κ1) is 10.0. The Balaban J connectivity index is 2.53. The third-order valence-corrected chi connectivity index (χ3v) is 1.59. The molecule has 0 heterocycles. The van der Waals surface area contributed by atoms with Crippen LogP contribution in [0, 0.1) is 11.3 Å². The molecule has 72 valence electrons. The molecule has 14 heavy (non-hydrogen) atoms. The molecule has 0 atom stereocenters. The van der Waals surface area contributed by atoms with Gasteiger partial charge in [-0.1, -0.05) is 0 Å². The van der Waals surface area contributed by atoms with Crippen LogP contribution < -0.4 is 10.8 Å². The first-order valence-corrected chi connectivity index (χ1v) is 3.93. The van der Waals surface area contributed by atoms with Crippen LogP contribution in [0.15, 0.2) is 24.3 Å². The number of benzene rings is 1. The van der Waals surface area contributed by atoms with Gasteiger partial charge in [0.25, 0.3) is 5.91 Å². The van der Waals surface area contributed by atoms with Crippen molar-refractivity contribution in [3.8, 4) is 6.07 Å². The van der Waals surface area contributed by atoms with E-state index in [-0.39, 0.29) is 6.54 Å². The number of hydroxylamine groups is 1. The molecule has 0 aliphatic carbocycles. The molecular weight excluding hydrogens is 182 g/mol. The molecule has 0 fully saturated rings. The van der Waals surface area contributed by atoms with E-state index in [9.17, 15) is 4.79 Å². The van der Waals surface area contributed by atoms with Crippen LogP contribution >= 0.6 is 0 Å². The van der Waals surface area contributed by atoms with Crippen LogP contribution in [0.2, 0.25) is 0 Å². The zero-order chi connectivity index (χ0) is 10.4. The van der Waals surface area contributed by atoms with Gasteiger partial charge < -0.3 is 5.32 Å². The van der Waals surface area contributed by atoms with Crippen molar-refractivity contribution < 1.29 is 10.0 Å². The van der Waals surface area contributed by atoms with Crippen LogP contribution in [-0.4, -0.2) is 17.7 Å². The molecule has 0 bridgehead atoms. The molecule has 3 N–H and O–H groups in total. The lowest BCUT2D eigenvalue weighted by molar-refractivity contribution is -0.127. The van der Waals surface area contributed by atoms with Gasteiger partial charge in [-0.25, -0.2) is 5.48 Å². The van der Waals surface area contributed by atoms with Crippen molar-refractivity contribution in [3.05, 3.63) is 29.8 Å². The lowest BCUT2D eigenvalue weighted by atomic mass is 10.2. The summed E-state index contributed by atoms with van der Waals surface area (Å²) in [5.41, 5.74) is 2.78. The number of nitrogens with zero attached hydrogens (tertiary/aromatic N) is 1. The average Bonchev–Trinajstić information content (AvgIpc) is 2.26. The van der Waals surface area contributed by atoms with E-state index in [4.69, 9.17) is 10.5 Å². The molecule has 0 radical (unpaired) electrons. The Labute approximate surface area is 80.9 Å². The third kappa shape index (κ3) is 2.77. The van der Waals surface area contributed by atoms with Crippen molar-refractivity contribution >= 4 is 11.6 Å². The number of hydrogen-bond donors (Lipinski definition) is 3. The summed E-state index contributed by atoms with van der Waals surface area (Å²) in [6.07, 6.45) is 0. The first-order valence-electron chi connectivity index (χ1n) is 3.93. The van der Waals surface area contributed by atoms with Gasteiger partial charge in [-0.15, -0.1) is 0 Å². The third-order valence-electron chi connectivity index (χ3n) is 1.59. The fourth-order valence-electron chi connectivity index (χ4n) is 0.884. The minimum atomic E-state index is -0.519. The maximum Gasteiger partial charge on any atom is 0.262 e. The van der Waals surface area contributed by atoms with Crippen LogP contribution in [0.3, 0.4) is 0 Å². The SMILES string of the molecule is N#Cc1ccc(NCC(=O)NO)cc1. The zero-order valence-corrected chi connectivity index (χ0v) is 7.32. The highest BCUT2D eigenvalue weighted by Crippen LogP contribution is 2.07. The quantitative estimate of drug-likeness (QED) is 0.479. The van der Waals surface area contributed by atoms with E-state index in [1.54, 1.807) is 24.3 Å². The second-order valence-electron chi connectivity index (χ2n) is 2.58. The summed E-state index contributed by atoms with van der Waals surface area (Å²) in [5, 5.41) is 19.5. The number of hydrogen-bond acceptors (Lipinski definition) is 4. The largest absolute Gasteiger partial charge is 0.376 e. The number of amides is 1. The van der Waals surface area contributed by atoms with Gasteiger partial charge in [0.05, 0.1) is 18.2 Å². The van der Waals surface area contributed by atoms with Gasteiger partial charge in [0.15, 0.2) is 0 Å². The van der Waals surface area contributed by atoms with Crippen molar-refractivity contribution in [1.29, 1.82) is 5.26 Å². The molecular formula is C9H9N3O2. The molecule has 0 spiro atoms. The van der Waals surface area contributed by atoms with Gasteiger partial charge in [0.1, 0.15) is 0 Å². The molecule has 0 unspecified atom stereocenters. The minimum absolute atomic E-state index is 0.0115. The van der Waals surface area contributed by atoms with Crippen molar-refractivity contribution in [2.24, 2.45) is 0 Å². The fourth-order valence-corrected chi connectivity index (χ4v) is 0.884. The van der Waals surface area contributed by atoms with Crippen LogP contribution in [0.25, 0.3) is 0 Å². The number of anilines is 1. The number of nitriles is 1. The molecule has 1 amide bonds. The molecule has 1 aromatic carbocycles. The minimum Gasteiger partial charge on any atom is -0.376 e. The smallest absolute Gasteiger partial charge is 0.262 e. The molecule has 1 aromatic rings. The number of carbonyl (C=O) groups excluding carboxylic acids is 1. The Morgan fingerprint density at radius 1 is 1.43 bits per heavy atom. The molecule has 5 heteroatoms. The summed E-state index contributed by atoms with van der Waals surface area (Å²) in [7, 11) is 0. The van der Waals surface area contributed by atoms with Crippen molar-refractivity contribution in [1.82, 2.24) is 5.48 Å². The van der Waals surface area contributed by atoms with E-state index in [2.05, 4.69) is 5.32 Å². The van der Waals surface area contributed by atoms with Gasteiger partial charge in [0.2, 0.25) is 0 Å². The zero-order valence-electron chi connectivity index (χ0n) is 7.32. The maximum absolute atomic E-state index is 10.6. The normalized spacial score (nSPS) is 8.86. The molecule has 0 saturated heterocycles. The molecule has 5 nitrogen and oxygen atoms in total. The fraction of sp³-hybridized carbons (Fsp3) is 0.111.